The second kappa shape index (κ2) is 8.87. The SMILES string of the molecule is Cl.Nc1ccc(C(=O)NCCNC(=O)c2ccc3ccccc3c2)cc1. The van der Waals surface area contributed by atoms with Crippen molar-refractivity contribution in [3.8, 4) is 0 Å². The number of fused-ring (bicyclic) bond motifs is 1. The van der Waals surface area contributed by atoms with Gasteiger partial charge in [0.05, 0.1) is 0 Å². The van der Waals surface area contributed by atoms with Gasteiger partial charge in [0.1, 0.15) is 0 Å². The maximum Gasteiger partial charge on any atom is 0.251 e. The fourth-order valence-electron chi connectivity index (χ4n) is 2.52. The topological polar surface area (TPSA) is 84.2 Å². The summed E-state index contributed by atoms with van der Waals surface area (Å²) in [6, 6.07) is 20.1. The molecule has 4 N–H and O–H groups in total. The second-order valence-corrected chi connectivity index (χ2v) is 5.70. The number of carbonyl (C=O) groups is 2. The molecule has 0 saturated heterocycles. The van der Waals surface area contributed by atoms with Crippen LogP contribution in [-0.2, 0) is 0 Å². The van der Waals surface area contributed by atoms with Gasteiger partial charge in [0.2, 0.25) is 0 Å². The Labute approximate surface area is 158 Å². The first-order valence-corrected chi connectivity index (χ1v) is 8.04. The molecule has 3 aromatic rings. The molecule has 0 fully saturated rings. The second-order valence-electron chi connectivity index (χ2n) is 5.70. The molecule has 0 aliphatic heterocycles. The molecule has 6 heteroatoms. The van der Waals surface area contributed by atoms with Crippen molar-refractivity contribution in [2.75, 3.05) is 18.8 Å². The average molecular weight is 370 g/mol. The van der Waals surface area contributed by atoms with Crippen molar-refractivity contribution >= 4 is 40.7 Å². The number of carbonyl (C=O) groups excluding carboxylic acids is 2. The first-order chi connectivity index (χ1) is 12.1. The van der Waals surface area contributed by atoms with Crippen molar-refractivity contribution in [1.82, 2.24) is 10.6 Å². The lowest BCUT2D eigenvalue weighted by atomic mass is 10.1. The van der Waals surface area contributed by atoms with E-state index in [-0.39, 0.29) is 24.2 Å². The summed E-state index contributed by atoms with van der Waals surface area (Å²) in [7, 11) is 0. The predicted octanol–water partition coefficient (Wildman–Crippen LogP) is 3.00. The first kappa shape index (κ1) is 19.3. The van der Waals surface area contributed by atoms with Gasteiger partial charge in [-0.1, -0.05) is 30.3 Å². The largest absolute Gasteiger partial charge is 0.399 e. The molecule has 3 aromatic carbocycles. The van der Waals surface area contributed by atoms with Gasteiger partial charge in [0.15, 0.2) is 0 Å². The molecule has 0 bridgehead atoms. The third-order valence-electron chi connectivity index (χ3n) is 3.88. The van der Waals surface area contributed by atoms with Crippen LogP contribution in [0.1, 0.15) is 20.7 Å². The highest BCUT2D eigenvalue weighted by Crippen LogP contribution is 2.15. The zero-order valence-corrected chi connectivity index (χ0v) is 14.9. The van der Waals surface area contributed by atoms with Gasteiger partial charge in [0.25, 0.3) is 11.8 Å². The molecular weight excluding hydrogens is 350 g/mol. The first-order valence-electron chi connectivity index (χ1n) is 8.04. The average Bonchev–Trinajstić information content (AvgIpc) is 2.65. The Kier molecular flexibility index (Phi) is 6.58. The van der Waals surface area contributed by atoms with Gasteiger partial charge >= 0.3 is 0 Å². The number of anilines is 1. The van der Waals surface area contributed by atoms with E-state index in [4.69, 9.17) is 5.73 Å². The maximum atomic E-state index is 12.2. The Balaban J connectivity index is 0.00000243. The van der Waals surface area contributed by atoms with Crippen molar-refractivity contribution in [2.45, 2.75) is 0 Å². The van der Waals surface area contributed by atoms with Crippen LogP contribution < -0.4 is 16.4 Å². The van der Waals surface area contributed by atoms with Gasteiger partial charge in [-0.2, -0.15) is 0 Å². The number of nitrogens with one attached hydrogen (secondary N) is 2. The molecule has 2 amide bonds. The zero-order chi connectivity index (χ0) is 17.6. The molecule has 26 heavy (non-hydrogen) atoms. The van der Waals surface area contributed by atoms with Crippen LogP contribution in [-0.4, -0.2) is 24.9 Å². The van der Waals surface area contributed by atoms with Crippen LogP contribution in [0.5, 0.6) is 0 Å². The van der Waals surface area contributed by atoms with Crippen LogP contribution in [0.2, 0.25) is 0 Å². The molecule has 0 spiro atoms. The fourth-order valence-corrected chi connectivity index (χ4v) is 2.52. The molecule has 0 aromatic heterocycles. The van der Waals surface area contributed by atoms with Crippen LogP contribution in [0.3, 0.4) is 0 Å². The molecule has 0 radical (unpaired) electrons. The summed E-state index contributed by atoms with van der Waals surface area (Å²) < 4.78 is 0. The van der Waals surface area contributed by atoms with Gasteiger partial charge < -0.3 is 16.4 Å². The number of nitrogen functional groups attached to an aromatic ring is 1. The predicted molar refractivity (Wildman–Crippen MR) is 107 cm³/mol. The Hall–Kier alpha value is -3.05. The van der Waals surface area contributed by atoms with Crippen LogP contribution >= 0.6 is 12.4 Å². The highest BCUT2D eigenvalue weighted by molar-refractivity contribution is 5.98. The lowest BCUT2D eigenvalue weighted by molar-refractivity contribution is 0.0928. The number of hydrogen-bond acceptors (Lipinski definition) is 3. The summed E-state index contributed by atoms with van der Waals surface area (Å²) >= 11 is 0. The van der Waals surface area contributed by atoms with Crippen molar-refractivity contribution in [1.29, 1.82) is 0 Å². The summed E-state index contributed by atoms with van der Waals surface area (Å²) in [5, 5.41) is 7.68. The molecule has 0 aliphatic rings. The van der Waals surface area contributed by atoms with E-state index in [9.17, 15) is 9.59 Å². The van der Waals surface area contributed by atoms with E-state index < -0.39 is 0 Å². The zero-order valence-electron chi connectivity index (χ0n) is 14.1. The van der Waals surface area contributed by atoms with Gasteiger partial charge in [0, 0.05) is 29.9 Å². The van der Waals surface area contributed by atoms with Crippen LogP contribution in [0.4, 0.5) is 5.69 Å². The van der Waals surface area contributed by atoms with E-state index in [0.717, 1.165) is 10.8 Å². The lowest BCUT2D eigenvalue weighted by Gasteiger charge is -2.08. The van der Waals surface area contributed by atoms with E-state index in [1.165, 1.54) is 0 Å². The summed E-state index contributed by atoms with van der Waals surface area (Å²) in [5.74, 6) is -0.354. The third-order valence-corrected chi connectivity index (χ3v) is 3.88. The standard InChI is InChI=1S/C20H19N3O2.ClH/c21-18-9-7-15(8-10-18)19(24)22-11-12-23-20(25)17-6-5-14-3-1-2-4-16(14)13-17;/h1-10,13H,11-12,21H2,(H,22,24)(H,23,25);1H. The Morgan fingerprint density at radius 1 is 0.731 bits per heavy atom. The fraction of sp³-hybridized carbons (Fsp3) is 0.100. The smallest absolute Gasteiger partial charge is 0.251 e. The minimum atomic E-state index is -0.194. The van der Waals surface area contributed by atoms with E-state index in [1.54, 1.807) is 30.3 Å². The van der Waals surface area contributed by atoms with Gasteiger partial charge in [-0.25, -0.2) is 0 Å². The third kappa shape index (κ3) is 4.74. The van der Waals surface area contributed by atoms with Crippen molar-refractivity contribution in [3.63, 3.8) is 0 Å². The van der Waals surface area contributed by atoms with E-state index in [0.29, 0.717) is 29.9 Å². The van der Waals surface area contributed by atoms with Gasteiger partial charge in [-0.15, -0.1) is 12.4 Å². The van der Waals surface area contributed by atoms with E-state index in [2.05, 4.69) is 10.6 Å². The normalized spacial score (nSPS) is 10.0. The summed E-state index contributed by atoms with van der Waals surface area (Å²) in [6.45, 7) is 0.703. The molecule has 0 aliphatic carbocycles. The van der Waals surface area contributed by atoms with Crippen LogP contribution in [0.15, 0.2) is 66.7 Å². The van der Waals surface area contributed by atoms with Crippen molar-refractivity contribution < 1.29 is 9.59 Å². The highest BCUT2D eigenvalue weighted by atomic mass is 35.5. The molecule has 3 rings (SSSR count). The Morgan fingerprint density at radius 3 is 1.92 bits per heavy atom. The molecule has 0 saturated carbocycles. The Bertz CT molecular complexity index is 910. The molecule has 134 valence electrons. The van der Waals surface area contributed by atoms with Gasteiger partial charge in [-0.3, -0.25) is 9.59 Å². The van der Waals surface area contributed by atoms with Gasteiger partial charge in [-0.05, 0) is 47.2 Å². The van der Waals surface area contributed by atoms with E-state index in [1.807, 2.05) is 36.4 Å². The van der Waals surface area contributed by atoms with Crippen molar-refractivity contribution in [3.05, 3.63) is 77.9 Å². The number of benzene rings is 3. The summed E-state index contributed by atoms with van der Waals surface area (Å²) in [5.41, 5.74) is 7.34. The molecule has 0 unspecified atom stereocenters. The highest BCUT2D eigenvalue weighted by Gasteiger charge is 2.07. The maximum absolute atomic E-state index is 12.2. The molecular formula is C20H20ClN3O2. The van der Waals surface area contributed by atoms with Crippen molar-refractivity contribution in [2.24, 2.45) is 0 Å². The number of rotatable bonds is 5. The molecule has 0 atom stereocenters. The number of hydrogen-bond donors (Lipinski definition) is 3. The van der Waals surface area contributed by atoms with E-state index >= 15 is 0 Å². The molecule has 0 heterocycles. The minimum absolute atomic E-state index is 0. The number of nitrogens with two attached hydrogens (primary N) is 1. The van der Waals surface area contributed by atoms with Crippen LogP contribution in [0, 0.1) is 0 Å². The molecule has 5 nitrogen and oxygen atoms in total. The number of halogens is 1. The Morgan fingerprint density at radius 2 is 1.27 bits per heavy atom. The summed E-state index contributed by atoms with van der Waals surface area (Å²) in [6.07, 6.45) is 0. The quantitative estimate of drug-likeness (QED) is 0.477. The monoisotopic (exact) mass is 369 g/mol. The summed E-state index contributed by atoms with van der Waals surface area (Å²) in [4.78, 5) is 24.2. The minimum Gasteiger partial charge on any atom is -0.399 e. The van der Waals surface area contributed by atoms with Crippen LogP contribution in [0.25, 0.3) is 10.8 Å². The number of amides is 2. The lowest BCUT2D eigenvalue weighted by Crippen LogP contribution is -2.34.